The van der Waals surface area contributed by atoms with E-state index in [9.17, 15) is 9.18 Å². The average Bonchev–Trinajstić information content (AvgIpc) is 3.08. The van der Waals surface area contributed by atoms with Crippen molar-refractivity contribution < 1.29 is 9.18 Å². The summed E-state index contributed by atoms with van der Waals surface area (Å²) in [6.45, 7) is 3.99. The maximum atomic E-state index is 13.1. The van der Waals surface area contributed by atoms with Crippen molar-refractivity contribution in [1.82, 2.24) is 19.7 Å². The van der Waals surface area contributed by atoms with E-state index in [-0.39, 0.29) is 11.7 Å². The number of aromatic nitrogens is 1. The summed E-state index contributed by atoms with van der Waals surface area (Å²) in [7, 11) is 5.64. The number of carbonyl (C=O) groups is 1. The topological polar surface area (TPSA) is 56.1 Å². The van der Waals surface area contributed by atoms with Gasteiger partial charge in [-0.15, -0.1) is 0 Å². The molecule has 31 heavy (non-hydrogen) atoms. The molecule has 1 aliphatic heterocycles. The molecule has 2 heterocycles. The van der Waals surface area contributed by atoms with Crippen LogP contribution in [0.1, 0.15) is 12.1 Å². The molecule has 0 bridgehead atoms. The number of rotatable bonds is 6. The van der Waals surface area contributed by atoms with Crippen molar-refractivity contribution in [3.05, 3.63) is 53.1 Å². The van der Waals surface area contributed by atoms with Crippen molar-refractivity contribution in [2.45, 2.75) is 13.0 Å². The SMILES string of the molecule is CN=C(NCCC(=O)N1CCN(c2ccc(F)cc2)CC1)N(C)Cc1cc(Cl)cn1C. The molecule has 168 valence electrons. The number of carbonyl (C=O) groups excluding carboxylic acids is 1. The van der Waals surface area contributed by atoms with Crippen LogP contribution in [0, 0.1) is 5.82 Å². The lowest BCUT2D eigenvalue weighted by molar-refractivity contribution is -0.131. The Morgan fingerprint density at radius 3 is 2.48 bits per heavy atom. The fourth-order valence-corrected chi connectivity index (χ4v) is 4.00. The molecule has 0 atom stereocenters. The van der Waals surface area contributed by atoms with Crippen LogP contribution in [-0.2, 0) is 18.4 Å². The van der Waals surface area contributed by atoms with Gasteiger partial charge in [-0.05, 0) is 30.3 Å². The van der Waals surface area contributed by atoms with Crippen LogP contribution in [0.5, 0.6) is 0 Å². The van der Waals surface area contributed by atoms with E-state index in [4.69, 9.17) is 11.6 Å². The van der Waals surface area contributed by atoms with Gasteiger partial charge in [0.15, 0.2) is 5.96 Å². The first-order valence-electron chi connectivity index (χ1n) is 10.4. The van der Waals surface area contributed by atoms with Gasteiger partial charge in [0.25, 0.3) is 0 Å². The van der Waals surface area contributed by atoms with E-state index >= 15 is 0 Å². The highest BCUT2D eigenvalue weighted by molar-refractivity contribution is 6.30. The second kappa shape index (κ2) is 10.5. The molecular formula is C22H30ClFN6O. The molecule has 1 aromatic carbocycles. The number of amides is 1. The Morgan fingerprint density at radius 1 is 1.23 bits per heavy atom. The average molecular weight is 449 g/mol. The van der Waals surface area contributed by atoms with Gasteiger partial charge in [-0.25, -0.2) is 4.39 Å². The van der Waals surface area contributed by atoms with E-state index in [2.05, 4.69) is 15.2 Å². The Hall–Kier alpha value is -2.74. The molecule has 1 N–H and O–H groups in total. The van der Waals surface area contributed by atoms with Gasteiger partial charge >= 0.3 is 0 Å². The largest absolute Gasteiger partial charge is 0.368 e. The van der Waals surface area contributed by atoms with Crippen molar-refractivity contribution in [2.24, 2.45) is 12.0 Å². The van der Waals surface area contributed by atoms with Gasteiger partial charge in [0, 0.05) is 77.9 Å². The molecule has 0 radical (unpaired) electrons. The van der Waals surface area contributed by atoms with Crippen molar-refractivity contribution in [3.63, 3.8) is 0 Å². The lowest BCUT2D eigenvalue weighted by Crippen LogP contribution is -2.49. The minimum absolute atomic E-state index is 0.124. The third-order valence-electron chi connectivity index (χ3n) is 5.49. The van der Waals surface area contributed by atoms with Gasteiger partial charge in [0.2, 0.25) is 5.91 Å². The molecule has 2 aromatic rings. The number of hydrogen-bond acceptors (Lipinski definition) is 3. The highest BCUT2D eigenvalue weighted by atomic mass is 35.5. The smallest absolute Gasteiger partial charge is 0.224 e. The van der Waals surface area contributed by atoms with Crippen LogP contribution in [0.25, 0.3) is 0 Å². The van der Waals surface area contributed by atoms with Crippen LogP contribution >= 0.6 is 11.6 Å². The third kappa shape index (κ3) is 6.13. The Morgan fingerprint density at radius 2 is 1.90 bits per heavy atom. The second-order valence-electron chi connectivity index (χ2n) is 7.68. The zero-order valence-corrected chi connectivity index (χ0v) is 19.1. The van der Waals surface area contributed by atoms with Gasteiger partial charge in [-0.3, -0.25) is 9.79 Å². The fourth-order valence-electron chi connectivity index (χ4n) is 3.73. The summed E-state index contributed by atoms with van der Waals surface area (Å²) in [6.07, 6.45) is 2.27. The summed E-state index contributed by atoms with van der Waals surface area (Å²) in [5.41, 5.74) is 2.06. The number of aliphatic imine (C=N–C) groups is 1. The maximum Gasteiger partial charge on any atom is 0.224 e. The molecule has 3 rings (SSSR count). The van der Waals surface area contributed by atoms with Crippen molar-refractivity contribution >= 4 is 29.2 Å². The van der Waals surface area contributed by atoms with Crippen LogP contribution in [0.2, 0.25) is 5.02 Å². The molecule has 0 spiro atoms. The van der Waals surface area contributed by atoms with E-state index in [1.54, 1.807) is 19.2 Å². The minimum atomic E-state index is -0.238. The van der Waals surface area contributed by atoms with E-state index in [1.807, 2.05) is 40.7 Å². The van der Waals surface area contributed by atoms with Crippen molar-refractivity contribution in [1.29, 1.82) is 0 Å². The highest BCUT2D eigenvalue weighted by Gasteiger charge is 2.21. The van der Waals surface area contributed by atoms with Crippen LogP contribution in [0.4, 0.5) is 10.1 Å². The van der Waals surface area contributed by atoms with Crippen LogP contribution in [-0.4, -0.2) is 73.1 Å². The van der Waals surface area contributed by atoms with Crippen molar-refractivity contribution in [3.8, 4) is 0 Å². The Kier molecular flexibility index (Phi) is 7.79. The Balaban J connectivity index is 1.42. The van der Waals surface area contributed by atoms with Crippen LogP contribution in [0.15, 0.2) is 41.5 Å². The second-order valence-corrected chi connectivity index (χ2v) is 8.12. The maximum absolute atomic E-state index is 13.1. The van der Waals surface area contributed by atoms with Gasteiger partial charge in [-0.1, -0.05) is 11.6 Å². The fraction of sp³-hybridized carbons (Fsp3) is 0.455. The summed E-state index contributed by atoms with van der Waals surface area (Å²) in [6, 6.07) is 8.43. The minimum Gasteiger partial charge on any atom is -0.368 e. The van der Waals surface area contributed by atoms with E-state index in [0.29, 0.717) is 37.6 Å². The number of guanidine groups is 1. The number of nitrogens with zero attached hydrogens (tertiary/aromatic N) is 5. The van der Waals surface area contributed by atoms with E-state index < -0.39 is 0 Å². The predicted octanol–water partition coefficient (Wildman–Crippen LogP) is 2.56. The molecule has 1 aliphatic rings. The molecular weight excluding hydrogens is 419 g/mol. The molecule has 1 fully saturated rings. The molecule has 1 amide bonds. The van der Waals surface area contributed by atoms with Crippen molar-refractivity contribution in [2.75, 3.05) is 51.7 Å². The zero-order valence-electron chi connectivity index (χ0n) is 18.3. The molecule has 0 aliphatic carbocycles. The molecule has 0 unspecified atom stereocenters. The summed E-state index contributed by atoms with van der Waals surface area (Å²) < 4.78 is 15.1. The highest BCUT2D eigenvalue weighted by Crippen LogP contribution is 2.17. The Labute approximate surface area is 188 Å². The number of anilines is 1. The Bertz CT molecular complexity index is 905. The lowest BCUT2D eigenvalue weighted by Gasteiger charge is -2.36. The number of piperazine rings is 1. The number of benzene rings is 1. The lowest BCUT2D eigenvalue weighted by atomic mass is 10.2. The molecule has 7 nitrogen and oxygen atoms in total. The zero-order chi connectivity index (χ0) is 22.4. The molecule has 1 aromatic heterocycles. The van der Waals surface area contributed by atoms with Gasteiger partial charge in [0.1, 0.15) is 5.82 Å². The van der Waals surface area contributed by atoms with Crippen LogP contribution in [0.3, 0.4) is 0 Å². The summed E-state index contributed by atoms with van der Waals surface area (Å²) in [4.78, 5) is 23.0. The molecule has 0 saturated carbocycles. The van der Waals surface area contributed by atoms with Crippen LogP contribution < -0.4 is 10.2 Å². The van der Waals surface area contributed by atoms with Gasteiger partial charge < -0.3 is 24.6 Å². The molecule has 9 heteroatoms. The first-order valence-corrected chi connectivity index (χ1v) is 10.8. The summed E-state index contributed by atoms with van der Waals surface area (Å²) >= 11 is 6.06. The van der Waals surface area contributed by atoms with Gasteiger partial charge in [-0.2, -0.15) is 0 Å². The van der Waals surface area contributed by atoms with E-state index in [1.165, 1.54) is 12.1 Å². The number of aryl methyl sites for hydroxylation is 1. The summed E-state index contributed by atoms with van der Waals surface area (Å²) in [5.74, 6) is 0.614. The first kappa shape index (κ1) is 22.9. The monoisotopic (exact) mass is 448 g/mol. The van der Waals surface area contributed by atoms with E-state index in [0.717, 1.165) is 30.4 Å². The number of nitrogens with one attached hydrogen (secondary N) is 1. The summed E-state index contributed by atoms with van der Waals surface area (Å²) in [5, 5.41) is 3.97. The quantitative estimate of drug-likeness (QED) is 0.545. The number of halogens is 2. The first-order chi connectivity index (χ1) is 14.9. The predicted molar refractivity (Wildman–Crippen MR) is 123 cm³/mol. The molecule has 1 saturated heterocycles. The standard InChI is InChI=1S/C22H30ClFN6O/c1-25-22(28(3)16-20-14-17(23)15-27(20)2)26-9-8-21(31)30-12-10-29(11-13-30)19-6-4-18(24)5-7-19/h4-7,14-15H,8-13,16H2,1-3H3,(H,25,26). The normalized spacial score (nSPS) is 14.7. The number of hydrogen-bond donors (Lipinski definition) is 1. The third-order valence-corrected chi connectivity index (χ3v) is 5.70. The van der Waals surface area contributed by atoms with Gasteiger partial charge in [0.05, 0.1) is 11.6 Å².